The number of rotatable bonds is 5. The largest absolute Gasteiger partial charge is 0.491 e. The number of benzene rings is 1. The topological polar surface area (TPSA) is 47.3 Å². The predicted octanol–water partition coefficient (Wildman–Crippen LogP) is 4.19. The zero-order valence-electron chi connectivity index (χ0n) is 12.4. The Hall–Kier alpha value is -1.45. The third-order valence-corrected chi connectivity index (χ3v) is 4.19. The molecule has 0 radical (unpaired) electrons. The van der Waals surface area contributed by atoms with Gasteiger partial charge >= 0.3 is 0 Å². The summed E-state index contributed by atoms with van der Waals surface area (Å²) >= 11 is 0. The predicted molar refractivity (Wildman–Crippen MR) is 81.6 cm³/mol. The summed E-state index contributed by atoms with van der Waals surface area (Å²) < 4.78 is 18.9. The van der Waals surface area contributed by atoms with Crippen molar-refractivity contribution in [3.8, 4) is 5.75 Å². The number of ether oxygens (including phenoxy) is 1. The molecule has 1 aliphatic carbocycles. The molecule has 0 unspecified atom stereocenters. The lowest BCUT2D eigenvalue weighted by molar-refractivity contribution is 0.321. The molecule has 0 atom stereocenters. The van der Waals surface area contributed by atoms with Gasteiger partial charge in [-0.1, -0.05) is 13.3 Å². The van der Waals surface area contributed by atoms with Crippen molar-refractivity contribution in [2.24, 2.45) is 5.92 Å². The monoisotopic (exact) mass is 280 g/mol. The Balaban J connectivity index is 2.03. The molecule has 0 saturated heterocycles. The second kappa shape index (κ2) is 6.82. The zero-order chi connectivity index (χ0) is 14.5. The molecule has 4 heteroatoms. The van der Waals surface area contributed by atoms with Crippen LogP contribution in [0.5, 0.6) is 5.75 Å². The standard InChI is InChI=1S/C16H25FN2O/c1-3-11-5-7-12(8-6-11)19-15-10-16(20-4-2)13(17)9-14(15)18/h9-12,19H,3-8,18H2,1-2H3. The van der Waals surface area contributed by atoms with E-state index in [1.807, 2.05) is 6.92 Å². The third kappa shape index (κ3) is 3.56. The van der Waals surface area contributed by atoms with Crippen LogP contribution in [0.3, 0.4) is 0 Å². The molecule has 1 aromatic carbocycles. The van der Waals surface area contributed by atoms with Crippen molar-refractivity contribution in [1.29, 1.82) is 0 Å². The van der Waals surface area contributed by atoms with Gasteiger partial charge in [0.15, 0.2) is 11.6 Å². The molecular formula is C16H25FN2O. The smallest absolute Gasteiger partial charge is 0.167 e. The summed E-state index contributed by atoms with van der Waals surface area (Å²) in [6.07, 6.45) is 6.08. The number of hydrogen-bond donors (Lipinski definition) is 2. The lowest BCUT2D eigenvalue weighted by Gasteiger charge is -2.29. The van der Waals surface area contributed by atoms with Gasteiger partial charge in [0.25, 0.3) is 0 Å². The van der Waals surface area contributed by atoms with Crippen LogP contribution < -0.4 is 15.8 Å². The molecule has 3 nitrogen and oxygen atoms in total. The Bertz CT molecular complexity index is 442. The van der Waals surface area contributed by atoms with Gasteiger partial charge in [0.1, 0.15) is 0 Å². The van der Waals surface area contributed by atoms with Gasteiger partial charge in [0.2, 0.25) is 0 Å². The van der Waals surface area contributed by atoms with Gasteiger partial charge in [-0.15, -0.1) is 0 Å². The molecule has 1 fully saturated rings. The number of nitrogen functional groups attached to an aromatic ring is 1. The van der Waals surface area contributed by atoms with E-state index in [0.717, 1.165) is 24.4 Å². The highest BCUT2D eigenvalue weighted by Gasteiger charge is 2.20. The average molecular weight is 280 g/mol. The normalized spacial score (nSPS) is 22.6. The molecule has 20 heavy (non-hydrogen) atoms. The van der Waals surface area contributed by atoms with Crippen LogP contribution in [0.15, 0.2) is 12.1 Å². The molecule has 3 N–H and O–H groups in total. The average Bonchev–Trinajstić information content (AvgIpc) is 2.45. The van der Waals surface area contributed by atoms with Crippen LogP contribution in [0.2, 0.25) is 0 Å². The molecule has 112 valence electrons. The maximum absolute atomic E-state index is 13.7. The summed E-state index contributed by atoms with van der Waals surface area (Å²) in [5.41, 5.74) is 7.13. The highest BCUT2D eigenvalue weighted by molar-refractivity contribution is 5.69. The number of anilines is 2. The molecule has 1 aliphatic rings. The fourth-order valence-electron chi connectivity index (χ4n) is 2.89. The fraction of sp³-hybridized carbons (Fsp3) is 0.625. The van der Waals surface area contributed by atoms with E-state index in [4.69, 9.17) is 10.5 Å². The van der Waals surface area contributed by atoms with E-state index in [-0.39, 0.29) is 5.75 Å². The summed E-state index contributed by atoms with van der Waals surface area (Å²) in [4.78, 5) is 0. The summed E-state index contributed by atoms with van der Waals surface area (Å²) in [7, 11) is 0. The molecule has 0 bridgehead atoms. The Labute approximate surface area is 120 Å². The number of hydrogen-bond acceptors (Lipinski definition) is 3. The quantitative estimate of drug-likeness (QED) is 0.795. The van der Waals surface area contributed by atoms with Gasteiger partial charge in [-0.25, -0.2) is 4.39 Å². The van der Waals surface area contributed by atoms with E-state index >= 15 is 0 Å². The summed E-state index contributed by atoms with van der Waals surface area (Å²) in [5.74, 6) is 0.730. The van der Waals surface area contributed by atoms with E-state index in [2.05, 4.69) is 12.2 Å². The van der Waals surface area contributed by atoms with Crippen LogP contribution >= 0.6 is 0 Å². The molecule has 0 aromatic heterocycles. The highest BCUT2D eigenvalue weighted by Crippen LogP contribution is 2.32. The van der Waals surface area contributed by atoms with Crippen molar-refractivity contribution in [3.05, 3.63) is 17.9 Å². The Morgan fingerprint density at radius 3 is 2.55 bits per heavy atom. The summed E-state index contributed by atoms with van der Waals surface area (Å²) in [6, 6.07) is 3.45. The first-order valence-electron chi connectivity index (χ1n) is 7.62. The van der Waals surface area contributed by atoms with Gasteiger partial charge in [-0.2, -0.15) is 0 Å². The lowest BCUT2D eigenvalue weighted by Crippen LogP contribution is -2.26. The molecule has 0 aliphatic heterocycles. The third-order valence-electron chi connectivity index (χ3n) is 4.19. The maximum atomic E-state index is 13.7. The number of nitrogens with two attached hydrogens (primary N) is 1. The molecule has 0 spiro atoms. The number of nitrogens with one attached hydrogen (secondary N) is 1. The van der Waals surface area contributed by atoms with Crippen LogP contribution in [0.25, 0.3) is 0 Å². The van der Waals surface area contributed by atoms with Crippen molar-refractivity contribution in [2.45, 2.75) is 52.0 Å². The molecule has 1 aromatic rings. The first-order valence-corrected chi connectivity index (χ1v) is 7.62. The van der Waals surface area contributed by atoms with Crippen LogP contribution in [-0.4, -0.2) is 12.6 Å². The van der Waals surface area contributed by atoms with Gasteiger partial charge in [-0.3, -0.25) is 0 Å². The van der Waals surface area contributed by atoms with Crippen LogP contribution in [0.4, 0.5) is 15.8 Å². The maximum Gasteiger partial charge on any atom is 0.167 e. The molecule has 0 heterocycles. The van der Waals surface area contributed by atoms with Crippen LogP contribution in [-0.2, 0) is 0 Å². The second-order valence-electron chi connectivity index (χ2n) is 5.57. The SMILES string of the molecule is CCOc1cc(NC2CCC(CC)CC2)c(N)cc1F. The number of halogens is 1. The minimum atomic E-state index is -0.399. The molecular weight excluding hydrogens is 255 g/mol. The van der Waals surface area contributed by atoms with Crippen LogP contribution in [0, 0.1) is 11.7 Å². The lowest BCUT2D eigenvalue weighted by atomic mass is 9.84. The van der Waals surface area contributed by atoms with E-state index < -0.39 is 5.82 Å². The van der Waals surface area contributed by atoms with Gasteiger partial charge < -0.3 is 15.8 Å². The Kier molecular flexibility index (Phi) is 5.10. The first-order chi connectivity index (χ1) is 9.63. The minimum Gasteiger partial charge on any atom is -0.491 e. The van der Waals surface area contributed by atoms with Crippen molar-refractivity contribution >= 4 is 11.4 Å². The second-order valence-corrected chi connectivity index (χ2v) is 5.57. The van der Waals surface area contributed by atoms with E-state index in [1.165, 1.54) is 25.3 Å². The summed E-state index contributed by atoms with van der Waals surface area (Å²) in [6.45, 7) is 4.54. The fourth-order valence-corrected chi connectivity index (χ4v) is 2.89. The highest BCUT2D eigenvalue weighted by atomic mass is 19.1. The van der Waals surface area contributed by atoms with Crippen LogP contribution in [0.1, 0.15) is 46.0 Å². The Morgan fingerprint density at radius 2 is 1.95 bits per heavy atom. The summed E-state index contributed by atoms with van der Waals surface area (Å²) in [5, 5.41) is 3.45. The zero-order valence-corrected chi connectivity index (χ0v) is 12.4. The van der Waals surface area contributed by atoms with E-state index in [1.54, 1.807) is 6.07 Å². The Morgan fingerprint density at radius 1 is 1.25 bits per heavy atom. The van der Waals surface area contributed by atoms with Crippen molar-refractivity contribution < 1.29 is 9.13 Å². The van der Waals surface area contributed by atoms with Gasteiger partial charge in [0.05, 0.1) is 18.0 Å². The van der Waals surface area contributed by atoms with Crippen molar-refractivity contribution in [2.75, 3.05) is 17.7 Å². The van der Waals surface area contributed by atoms with Gasteiger partial charge in [-0.05, 0) is 38.5 Å². The van der Waals surface area contributed by atoms with Gasteiger partial charge in [0, 0.05) is 18.2 Å². The van der Waals surface area contributed by atoms with E-state index in [0.29, 0.717) is 18.3 Å². The molecule has 1 saturated carbocycles. The first kappa shape index (κ1) is 14.9. The van der Waals surface area contributed by atoms with E-state index in [9.17, 15) is 4.39 Å². The van der Waals surface area contributed by atoms with Crippen molar-refractivity contribution in [3.63, 3.8) is 0 Å². The minimum absolute atomic E-state index is 0.270. The molecule has 2 rings (SSSR count). The van der Waals surface area contributed by atoms with Crippen molar-refractivity contribution in [1.82, 2.24) is 0 Å². The molecule has 0 amide bonds.